The van der Waals surface area contributed by atoms with E-state index in [0.717, 1.165) is 32.5 Å². The quantitative estimate of drug-likeness (QED) is 0.710. The molecule has 3 heteroatoms. The fraction of sp³-hybridized carbons (Fsp3) is 0.846. The lowest BCUT2D eigenvalue weighted by molar-refractivity contribution is 0.256. The predicted molar refractivity (Wildman–Crippen MR) is 73.8 cm³/mol. The van der Waals surface area contributed by atoms with Crippen LogP contribution in [0.5, 0.6) is 0 Å². The van der Waals surface area contributed by atoms with Gasteiger partial charge in [0, 0.05) is 15.4 Å². The molecule has 0 amide bonds. The van der Waals surface area contributed by atoms with E-state index in [2.05, 4.69) is 23.8 Å². The molecule has 100 valence electrons. The first-order valence-corrected chi connectivity index (χ1v) is 6.41. The first-order chi connectivity index (χ1) is 7.74. The van der Waals surface area contributed by atoms with Gasteiger partial charge in [0.25, 0.3) is 0 Å². The van der Waals surface area contributed by atoms with Crippen molar-refractivity contribution in [3.05, 3.63) is 12.7 Å². The van der Waals surface area contributed by atoms with Crippen molar-refractivity contribution in [2.75, 3.05) is 26.7 Å². The molecule has 0 radical (unpaired) electrons. The number of rotatable bonds is 6. The van der Waals surface area contributed by atoms with Gasteiger partial charge in [0.15, 0.2) is 0 Å². The molecule has 0 aromatic heterocycles. The number of alkyl halides is 1. The van der Waals surface area contributed by atoms with E-state index in [1.807, 2.05) is 19.9 Å². The molecule has 0 aromatic carbocycles. The summed E-state index contributed by atoms with van der Waals surface area (Å²) in [5, 5.41) is 3.20. The Kier molecular flexibility index (Phi) is 9.54. The molecular formula is C13H31FN2. The van der Waals surface area contributed by atoms with Gasteiger partial charge in [0.05, 0.1) is 0 Å². The highest BCUT2D eigenvalue weighted by Gasteiger charge is 2.25. The van der Waals surface area contributed by atoms with E-state index in [9.17, 15) is 4.39 Å². The first-order valence-electron chi connectivity index (χ1n) is 6.41. The van der Waals surface area contributed by atoms with Gasteiger partial charge in [-0.1, -0.05) is 19.9 Å². The van der Waals surface area contributed by atoms with Crippen LogP contribution in [0.15, 0.2) is 12.7 Å². The minimum atomic E-state index is -0.636. The number of nitrogens with zero attached hydrogens (tertiary/aromatic N) is 1. The summed E-state index contributed by atoms with van der Waals surface area (Å²) < 4.78 is 13.2. The van der Waals surface area contributed by atoms with E-state index < -0.39 is 6.17 Å². The van der Waals surface area contributed by atoms with Gasteiger partial charge in [-0.2, -0.15) is 0 Å². The van der Waals surface area contributed by atoms with Gasteiger partial charge in [-0.3, -0.25) is 0 Å². The SMILES string of the molecule is C=CCCN(C)CCC1NCCC1F.CC.[HH].[HH]. The van der Waals surface area contributed by atoms with Crippen molar-refractivity contribution in [2.24, 2.45) is 0 Å². The van der Waals surface area contributed by atoms with E-state index in [1.165, 1.54) is 0 Å². The van der Waals surface area contributed by atoms with Crippen LogP contribution in [-0.4, -0.2) is 43.8 Å². The van der Waals surface area contributed by atoms with Crippen LogP contribution >= 0.6 is 0 Å². The third-order valence-electron chi connectivity index (χ3n) is 2.80. The van der Waals surface area contributed by atoms with Crippen molar-refractivity contribution in [3.8, 4) is 0 Å². The van der Waals surface area contributed by atoms with E-state index in [1.54, 1.807) is 0 Å². The summed E-state index contributed by atoms with van der Waals surface area (Å²) in [7, 11) is 2.08. The summed E-state index contributed by atoms with van der Waals surface area (Å²) in [6.45, 7) is 10.5. The molecule has 1 aliphatic heterocycles. The van der Waals surface area contributed by atoms with Gasteiger partial charge in [0.2, 0.25) is 0 Å². The molecule has 2 atom stereocenters. The Balaban J connectivity index is -0.000000534. The normalized spacial score (nSPS) is 24.1. The topological polar surface area (TPSA) is 15.3 Å². The first kappa shape index (κ1) is 15.6. The maximum Gasteiger partial charge on any atom is 0.117 e. The van der Waals surface area contributed by atoms with Crippen LogP contribution in [0.4, 0.5) is 4.39 Å². The Morgan fingerprint density at radius 2 is 2.19 bits per heavy atom. The molecule has 16 heavy (non-hydrogen) atoms. The highest BCUT2D eigenvalue weighted by molar-refractivity contribution is 4.84. The lowest BCUT2D eigenvalue weighted by Gasteiger charge is -2.19. The van der Waals surface area contributed by atoms with E-state index in [0.29, 0.717) is 6.42 Å². The lowest BCUT2D eigenvalue weighted by atomic mass is 10.1. The molecule has 0 spiro atoms. The van der Waals surface area contributed by atoms with Crippen LogP contribution in [0.3, 0.4) is 0 Å². The Morgan fingerprint density at radius 1 is 1.50 bits per heavy atom. The molecule has 1 rings (SSSR count). The number of hydrogen-bond donors (Lipinski definition) is 1. The van der Waals surface area contributed by atoms with Gasteiger partial charge in [-0.05, 0) is 39.4 Å². The predicted octanol–water partition coefficient (Wildman–Crippen LogP) is 3.10. The van der Waals surface area contributed by atoms with Crippen LogP contribution in [0.25, 0.3) is 0 Å². The number of hydrogen-bond acceptors (Lipinski definition) is 2. The maximum atomic E-state index is 13.2. The summed E-state index contributed by atoms with van der Waals surface area (Å²) in [6, 6.07) is 0.0844. The van der Waals surface area contributed by atoms with Crippen molar-refractivity contribution in [1.82, 2.24) is 10.2 Å². The molecule has 1 saturated heterocycles. The van der Waals surface area contributed by atoms with Crippen molar-refractivity contribution in [2.45, 2.75) is 45.3 Å². The third-order valence-corrected chi connectivity index (χ3v) is 2.80. The Bertz CT molecular complexity index is 182. The standard InChI is InChI=1S/C11H21FN2.C2H6.2H2/c1-3-4-8-14(2)9-6-11-10(12)5-7-13-11;1-2;;/h3,10-11,13H,1,4-9H2,2H3;1-2H3;2*1H. The maximum absolute atomic E-state index is 13.2. The highest BCUT2D eigenvalue weighted by atomic mass is 19.1. The summed E-state index contributed by atoms with van der Waals surface area (Å²) in [5.41, 5.74) is 0. The second kappa shape index (κ2) is 9.79. The fourth-order valence-corrected chi connectivity index (χ4v) is 1.80. The zero-order valence-corrected chi connectivity index (χ0v) is 11.0. The van der Waals surface area contributed by atoms with Crippen molar-refractivity contribution >= 4 is 0 Å². The molecule has 2 nitrogen and oxygen atoms in total. The second-order valence-corrected chi connectivity index (χ2v) is 4.03. The Morgan fingerprint density at radius 3 is 2.69 bits per heavy atom. The van der Waals surface area contributed by atoms with Crippen LogP contribution in [0, 0.1) is 0 Å². The minimum Gasteiger partial charge on any atom is -0.311 e. The molecule has 1 N–H and O–H groups in total. The van der Waals surface area contributed by atoms with Crippen LogP contribution in [-0.2, 0) is 0 Å². The highest BCUT2D eigenvalue weighted by Crippen LogP contribution is 2.14. The summed E-state index contributed by atoms with van der Waals surface area (Å²) in [4.78, 5) is 2.23. The van der Waals surface area contributed by atoms with Crippen molar-refractivity contribution < 1.29 is 7.24 Å². The Labute approximate surface area is 103 Å². The van der Waals surface area contributed by atoms with Gasteiger partial charge < -0.3 is 10.2 Å². The molecule has 1 heterocycles. The van der Waals surface area contributed by atoms with Gasteiger partial charge in [0.1, 0.15) is 6.17 Å². The van der Waals surface area contributed by atoms with Gasteiger partial charge in [-0.15, -0.1) is 6.58 Å². The van der Waals surface area contributed by atoms with Gasteiger partial charge in [-0.25, -0.2) is 4.39 Å². The summed E-state index contributed by atoms with van der Waals surface area (Å²) in [6.07, 6.45) is 3.88. The van der Waals surface area contributed by atoms with Gasteiger partial charge >= 0.3 is 0 Å². The lowest BCUT2D eigenvalue weighted by Crippen LogP contribution is -2.33. The van der Waals surface area contributed by atoms with E-state index in [-0.39, 0.29) is 8.90 Å². The number of nitrogens with one attached hydrogen (secondary N) is 1. The summed E-state index contributed by atoms with van der Waals surface area (Å²) in [5.74, 6) is 0. The molecule has 0 aliphatic carbocycles. The smallest absolute Gasteiger partial charge is 0.117 e. The monoisotopic (exact) mass is 234 g/mol. The zero-order chi connectivity index (χ0) is 12.4. The van der Waals surface area contributed by atoms with E-state index >= 15 is 0 Å². The minimum absolute atomic E-state index is 0. The Hall–Kier alpha value is -0.410. The molecule has 2 unspecified atom stereocenters. The van der Waals surface area contributed by atoms with Crippen molar-refractivity contribution in [1.29, 1.82) is 0 Å². The molecule has 0 bridgehead atoms. The third kappa shape index (κ3) is 6.23. The zero-order valence-electron chi connectivity index (χ0n) is 11.0. The summed E-state index contributed by atoms with van der Waals surface area (Å²) >= 11 is 0. The van der Waals surface area contributed by atoms with Crippen LogP contribution < -0.4 is 5.32 Å². The average Bonchev–Trinajstić information content (AvgIpc) is 2.72. The van der Waals surface area contributed by atoms with E-state index in [4.69, 9.17) is 0 Å². The molecule has 0 saturated carbocycles. The molecular weight excluding hydrogens is 203 g/mol. The molecule has 1 aliphatic rings. The molecule has 0 aromatic rings. The molecule has 1 fully saturated rings. The second-order valence-electron chi connectivity index (χ2n) is 4.03. The largest absolute Gasteiger partial charge is 0.311 e. The average molecular weight is 234 g/mol. The van der Waals surface area contributed by atoms with Crippen LogP contribution in [0.2, 0.25) is 0 Å². The van der Waals surface area contributed by atoms with Crippen LogP contribution in [0.1, 0.15) is 36.0 Å². The number of halogens is 1. The fourth-order valence-electron chi connectivity index (χ4n) is 1.80. The van der Waals surface area contributed by atoms with Crippen molar-refractivity contribution in [3.63, 3.8) is 0 Å².